The van der Waals surface area contributed by atoms with Crippen LogP contribution in [0.3, 0.4) is 0 Å². The van der Waals surface area contributed by atoms with Crippen LogP contribution in [0.2, 0.25) is 0 Å². The summed E-state index contributed by atoms with van der Waals surface area (Å²) in [6, 6.07) is 12.1. The van der Waals surface area contributed by atoms with E-state index in [1.54, 1.807) is 24.3 Å². The van der Waals surface area contributed by atoms with Crippen LogP contribution in [0.5, 0.6) is 5.75 Å². The largest absolute Gasteiger partial charge is 0.487 e. The quantitative estimate of drug-likeness (QED) is 0.288. The Balaban J connectivity index is 1.80. The van der Waals surface area contributed by atoms with Crippen molar-refractivity contribution in [1.82, 2.24) is 10.2 Å². The molecule has 1 aliphatic heterocycles. The highest BCUT2D eigenvalue weighted by atomic mass is 127. The average Bonchev–Trinajstić information content (AvgIpc) is 2.94. The monoisotopic (exact) mass is 629 g/mol. The van der Waals surface area contributed by atoms with Gasteiger partial charge in [0.1, 0.15) is 24.6 Å². The molecule has 152 valence electrons. The number of nitrogens with one attached hydrogen (secondary N) is 1. The predicted octanol–water partition coefficient (Wildman–Crippen LogP) is 3.32. The first-order chi connectivity index (χ1) is 14.3. The molecule has 8 nitrogen and oxygen atoms in total. The van der Waals surface area contributed by atoms with E-state index in [0.717, 1.165) is 12.7 Å². The molecule has 3 rings (SSSR count). The average molecular weight is 629 g/mol. The van der Waals surface area contributed by atoms with Crippen molar-refractivity contribution in [2.24, 2.45) is 0 Å². The summed E-state index contributed by atoms with van der Waals surface area (Å²) in [5, 5.41) is 20.4. The second-order valence-corrected chi connectivity index (χ2v) is 8.47. The summed E-state index contributed by atoms with van der Waals surface area (Å²) >= 11 is 4.21. The zero-order valence-electron chi connectivity index (χ0n) is 15.2. The van der Waals surface area contributed by atoms with Gasteiger partial charge in [0, 0.05) is 5.56 Å². The number of carbonyl (C=O) groups is 3. The number of benzene rings is 2. The van der Waals surface area contributed by atoms with Crippen molar-refractivity contribution < 1.29 is 24.2 Å². The number of aliphatic carboxylic acids is 1. The summed E-state index contributed by atoms with van der Waals surface area (Å²) in [5.41, 5.74) is 1.97. The molecule has 1 heterocycles. The summed E-state index contributed by atoms with van der Waals surface area (Å²) in [5.74, 6) is -1.33. The van der Waals surface area contributed by atoms with Crippen molar-refractivity contribution in [3.63, 3.8) is 0 Å². The third-order valence-electron chi connectivity index (χ3n) is 4.10. The smallest absolute Gasteiger partial charge is 0.329 e. The number of carboxylic acid groups (broad SMARTS) is 1. The Hall–Kier alpha value is -2.66. The number of ether oxygens (including phenoxy) is 1. The first-order valence-corrected chi connectivity index (χ1v) is 10.6. The van der Waals surface area contributed by atoms with Gasteiger partial charge in [0.25, 0.3) is 5.91 Å². The number of carboxylic acids is 1. The fraction of sp³-hybridized carbons (Fsp3) is 0.100. The molecule has 1 fully saturated rings. The minimum atomic E-state index is -1.27. The molecule has 0 radical (unpaired) electrons. The standard InChI is InChI=1S/C20H13I2N3O5/c21-14-5-11(7-16-19(28)25(9-17(26)27)20(29)24-16)6-15(22)18(14)30-10-13-4-2-1-3-12(13)8-23/h1-7H,9-10H2,(H,24,29)(H,26,27)/b16-7+. The lowest BCUT2D eigenvalue weighted by molar-refractivity contribution is -0.140. The number of imide groups is 1. The van der Waals surface area contributed by atoms with Gasteiger partial charge in [-0.25, -0.2) is 9.69 Å². The summed E-state index contributed by atoms with van der Waals surface area (Å²) < 4.78 is 7.48. The van der Waals surface area contributed by atoms with Gasteiger partial charge in [-0.3, -0.25) is 9.59 Å². The summed E-state index contributed by atoms with van der Waals surface area (Å²) in [6.45, 7) is -0.469. The Morgan fingerprint density at radius 2 is 1.90 bits per heavy atom. The number of rotatable bonds is 6. The van der Waals surface area contributed by atoms with Crippen molar-refractivity contribution >= 4 is 69.2 Å². The maximum atomic E-state index is 12.3. The van der Waals surface area contributed by atoms with Crippen LogP contribution < -0.4 is 10.1 Å². The van der Waals surface area contributed by atoms with E-state index in [1.165, 1.54) is 6.08 Å². The van der Waals surface area contributed by atoms with Crippen LogP contribution in [0, 0.1) is 18.5 Å². The van der Waals surface area contributed by atoms with E-state index in [-0.39, 0.29) is 12.3 Å². The predicted molar refractivity (Wildman–Crippen MR) is 123 cm³/mol. The van der Waals surface area contributed by atoms with E-state index >= 15 is 0 Å². The van der Waals surface area contributed by atoms with Gasteiger partial charge in [-0.05, 0) is 75.0 Å². The van der Waals surface area contributed by atoms with Crippen molar-refractivity contribution in [3.8, 4) is 11.8 Å². The van der Waals surface area contributed by atoms with Crippen LogP contribution in [-0.2, 0) is 16.2 Å². The fourth-order valence-corrected chi connectivity index (χ4v) is 4.85. The van der Waals surface area contributed by atoms with Gasteiger partial charge in [0.2, 0.25) is 0 Å². The Kier molecular flexibility index (Phi) is 6.93. The van der Waals surface area contributed by atoms with Gasteiger partial charge in [-0.1, -0.05) is 18.2 Å². The molecule has 0 aliphatic carbocycles. The van der Waals surface area contributed by atoms with Crippen molar-refractivity contribution in [2.75, 3.05) is 6.54 Å². The van der Waals surface area contributed by atoms with E-state index in [9.17, 15) is 19.6 Å². The number of carbonyl (C=O) groups excluding carboxylic acids is 2. The highest BCUT2D eigenvalue weighted by Gasteiger charge is 2.34. The number of nitrogens with zero attached hydrogens (tertiary/aromatic N) is 2. The number of hydrogen-bond donors (Lipinski definition) is 2. The molecule has 2 N–H and O–H groups in total. The fourth-order valence-electron chi connectivity index (χ4n) is 2.72. The van der Waals surface area contributed by atoms with Crippen LogP contribution in [0.15, 0.2) is 42.1 Å². The highest BCUT2D eigenvalue weighted by molar-refractivity contribution is 14.1. The van der Waals surface area contributed by atoms with Crippen LogP contribution >= 0.6 is 45.2 Å². The van der Waals surface area contributed by atoms with E-state index in [4.69, 9.17) is 9.84 Å². The molecule has 0 aromatic heterocycles. The van der Waals surface area contributed by atoms with E-state index in [0.29, 0.717) is 21.8 Å². The van der Waals surface area contributed by atoms with E-state index in [2.05, 4.69) is 56.6 Å². The Labute approximate surface area is 198 Å². The van der Waals surface area contributed by atoms with Crippen LogP contribution in [-0.4, -0.2) is 34.5 Å². The van der Waals surface area contributed by atoms with E-state index < -0.39 is 24.5 Å². The Morgan fingerprint density at radius 3 is 2.53 bits per heavy atom. The van der Waals surface area contributed by atoms with Crippen molar-refractivity contribution in [3.05, 3.63) is 65.9 Å². The molecular formula is C20H13I2N3O5. The van der Waals surface area contributed by atoms with Crippen LogP contribution in [0.25, 0.3) is 6.08 Å². The molecule has 1 saturated heterocycles. The van der Waals surface area contributed by atoms with Gasteiger partial charge in [0.15, 0.2) is 0 Å². The molecule has 3 amide bonds. The zero-order chi connectivity index (χ0) is 21.8. The van der Waals surface area contributed by atoms with Crippen molar-refractivity contribution in [2.45, 2.75) is 6.61 Å². The van der Waals surface area contributed by atoms with Gasteiger partial charge in [0.05, 0.1) is 18.8 Å². The molecule has 10 heteroatoms. The molecule has 2 aromatic rings. The topological polar surface area (TPSA) is 120 Å². The summed E-state index contributed by atoms with van der Waals surface area (Å²) in [6.07, 6.45) is 1.49. The van der Waals surface area contributed by atoms with Gasteiger partial charge >= 0.3 is 12.0 Å². The van der Waals surface area contributed by atoms with E-state index in [1.807, 2.05) is 12.1 Å². The molecule has 1 aliphatic rings. The number of urea groups is 1. The molecule has 0 bridgehead atoms. The minimum absolute atomic E-state index is 0.00414. The third-order valence-corrected chi connectivity index (χ3v) is 5.70. The molecule has 0 atom stereocenters. The van der Waals surface area contributed by atoms with Gasteiger partial charge in [-0.2, -0.15) is 5.26 Å². The highest BCUT2D eigenvalue weighted by Crippen LogP contribution is 2.31. The lowest BCUT2D eigenvalue weighted by atomic mass is 10.1. The third kappa shape index (κ3) is 4.90. The SMILES string of the molecule is N#Cc1ccccc1COc1c(I)cc(/C=C2/NC(=O)N(CC(=O)O)C2=O)cc1I. The first kappa shape index (κ1) is 22.0. The lowest BCUT2D eigenvalue weighted by Crippen LogP contribution is -2.35. The normalized spacial score (nSPS) is 14.6. The Bertz CT molecular complexity index is 1100. The Morgan fingerprint density at radius 1 is 1.23 bits per heavy atom. The van der Waals surface area contributed by atoms with Crippen LogP contribution in [0.4, 0.5) is 4.79 Å². The lowest BCUT2D eigenvalue weighted by Gasteiger charge is -2.12. The van der Waals surface area contributed by atoms with Crippen molar-refractivity contribution in [1.29, 1.82) is 5.26 Å². The maximum Gasteiger partial charge on any atom is 0.329 e. The van der Waals surface area contributed by atoms with Crippen LogP contribution in [0.1, 0.15) is 16.7 Å². The minimum Gasteiger partial charge on any atom is -0.487 e. The zero-order valence-corrected chi connectivity index (χ0v) is 19.5. The number of amides is 3. The molecule has 2 aromatic carbocycles. The number of hydrogen-bond acceptors (Lipinski definition) is 5. The summed E-state index contributed by atoms with van der Waals surface area (Å²) in [7, 11) is 0. The molecule has 0 spiro atoms. The van der Waals surface area contributed by atoms with Gasteiger partial charge in [-0.15, -0.1) is 0 Å². The number of halogens is 2. The summed E-state index contributed by atoms with van der Waals surface area (Å²) in [4.78, 5) is 35.5. The molecular weight excluding hydrogens is 616 g/mol. The van der Waals surface area contributed by atoms with Gasteiger partial charge < -0.3 is 15.2 Å². The molecule has 0 unspecified atom stereocenters. The number of nitriles is 1. The second kappa shape index (κ2) is 9.43. The second-order valence-electron chi connectivity index (χ2n) is 6.14. The maximum absolute atomic E-state index is 12.3. The first-order valence-electron chi connectivity index (χ1n) is 8.46. The molecule has 30 heavy (non-hydrogen) atoms. The molecule has 0 saturated carbocycles.